The number of aryl methyl sites for hydroxylation is 1. The number of amides is 1. The van der Waals surface area contributed by atoms with Crippen LogP contribution in [-0.4, -0.2) is 33.1 Å². The van der Waals surface area contributed by atoms with Gasteiger partial charge in [-0.25, -0.2) is 0 Å². The summed E-state index contributed by atoms with van der Waals surface area (Å²) in [7, 11) is -3.75. The van der Waals surface area contributed by atoms with Crippen LogP contribution in [-0.2, 0) is 14.8 Å². The van der Waals surface area contributed by atoms with Crippen LogP contribution in [0.2, 0.25) is 0 Å². The predicted molar refractivity (Wildman–Crippen MR) is 119 cm³/mol. The third-order valence-corrected chi connectivity index (χ3v) is 8.89. The van der Waals surface area contributed by atoms with Crippen molar-refractivity contribution in [2.24, 2.45) is 21.6 Å². The van der Waals surface area contributed by atoms with Gasteiger partial charge in [-0.2, -0.15) is 12.8 Å². The molecule has 1 heterocycles. The average Bonchev–Trinajstić information content (AvgIpc) is 2.76. The van der Waals surface area contributed by atoms with Crippen LogP contribution in [0.1, 0.15) is 63.9 Å². The molecule has 0 atom stereocenters. The van der Waals surface area contributed by atoms with Crippen LogP contribution in [0.25, 0.3) is 0 Å². The number of hydrogen-bond acceptors (Lipinski definition) is 4. The van der Waals surface area contributed by atoms with Gasteiger partial charge in [0, 0.05) is 22.7 Å². The van der Waals surface area contributed by atoms with Crippen molar-refractivity contribution in [3.05, 3.63) is 23.8 Å². The minimum absolute atomic E-state index is 0.0964. The van der Waals surface area contributed by atoms with Crippen LogP contribution in [0.15, 0.2) is 27.5 Å². The maximum absolute atomic E-state index is 13.0. The minimum Gasteiger partial charge on any atom is -0.325 e. The Hall–Kier alpha value is -1.73. The van der Waals surface area contributed by atoms with Crippen molar-refractivity contribution >= 4 is 27.3 Å². The Labute approximate surface area is 180 Å². The molecule has 7 heteroatoms. The van der Waals surface area contributed by atoms with Gasteiger partial charge in [-0.3, -0.25) is 4.79 Å². The summed E-state index contributed by atoms with van der Waals surface area (Å²) in [5.74, 6) is 1.12. The number of hydrogen-bond donors (Lipinski definition) is 2. The normalized spacial score (nSPS) is 27.8. The summed E-state index contributed by atoms with van der Waals surface area (Å²) in [6.45, 7) is 5.45. The van der Waals surface area contributed by atoms with Gasteiger partial charge in [0.15, 0.2) is 0 Å². The highest BCUT2D eigenvalue weighted by atomic mass is 32.2. The van der Waals surface area contributed by atoms with E-state index in [1.807, 2.05) is 13.8 Å². The molecule has 1 aromatic rings. The highest BCUT2D eigenvalue weighted by Gasteiger charge is 2.45. The number of anilines is 1. The van der Waals surface area contributed by atoms with Gasteiger partial charge in [-0.1, -0.05) is 0 Å². The maximum Gasteiger partial charge on any atom is 0.282 e. The smallest absolute Gasteiger partial charge is 0.282 e. The zero-order valence-electron chi connectivity index (χ0n) is 18.0. The zero-order valence-corrected chi connectivity index (χ0v) is 18.9. The number of piperidine rings is 1. The van der Waals surface area contributed by atoms with Crippen molar-refractivity contribution in [3.63, 3.8) is 0 Å². The molecule has 164 valence electrons. The predicted octanol–water partition coefficient (Wildman–Crippen LogP) is 4.05. The molecule has 5 rings (SSSR count). The fourth-order valence-electron chi connectivity index (χ4n) is 5.34. The zero-order chi connectivity index (χ0) is 21.4. The van der Waals surface area contributed by atoms with Crippen molar-refractivity contribution in [1.29, 1.82) is 0 Å². The van der Waals surface area contributed by atoms with Crippen molar-refractivity contribution in [2.45, 2.75) is 70.1 Å². The van der Waals surface area contributed by atoms with Crippen LogP contribution in [0.4, 0.5) is 5.69 Å². The summed E-state index contributed by atoms with van der Waals surface area (Å²) in [6, 6.07) is 4.90. The summed E-state index contributed by atoms with van der Waals surface area (Å²) in [4.78, 5) is 13.2. The second-order valence-electron chi connectivity index (χ2n) is 9.43. The largest absolute Gasteiger partial charge is 0.325 e. The Kier molecular flexibility index (Phi) is 6.04. The monoisotopic (exact) mass is 431 g/mol. The van der Waals surface area contributed by atoms with E-state index < -0.39 is 10.0 Å². The van der Waals surface area contributed by atoms with Gasteiger partial charge < -0.3 is 10.6 Å². The lowest BCUT2D eigenvalue weighted by atomic mass is 9.60. The van der Waals surface area contributed by atoms with E-state index in [1.165, 1.54) is 0 Å². The molecule has 1 amide bonds. The van der Waals surface area contributed by atoms with Gasteiger partial charge >= 0.3 is 0 Å². The number of nitrogens with one attached hydrogen (secondary N) is 2. The molecule has 2 bridgehead atoms. The Morgan fingerprint density at radius 1 is 1.10 bits per heavy atom. The number of rotatable bonds is 5. The van der Waals surface area contributed by atoms with Crippen LogP contribution in [0.3, 0.4) is 0 Å². The number of benzene rings is 1. The molecule has 0 spiro atoms. The lowest BCUT2D eigenvalue weighted by Gasteiger charge is -2.45. The summed E-state index contributed by atoms with van der Waals surface area (Å²) in [5, 5.41) is 6.38. The van der Waals surface area contributed by atoms with Crippen LogP contribution >= 0.6 is 0 Å². The van der Waals surface area contributed by atoms with Crippen LogP contribution in [0, 0.1) is 24.2 Å². The fraction of sp³-hybridized carbons (Fsp3) is 0.652. The van der Waals surface area contributed by atoms with E-state index in [-0.39, 0.29) is 22.1 Å². The van der Waals surface area contributed by atoms with E-state index >= 15 is 0 Å². The number of carbonyl (C=O) groups excluding carboxylic acids is 1. The van der Waals surface area contributed by atoms with E-state index in [9.17, 15) is 13.2 Å². The first-order chi connectivity index (χ1) is 14.3. The first-order valence-corrected chi connectivity index (χ1v) is 12.7. The third-order valence-electron chi connectivity index (χ3n) is 7.51. The van der Waals surface area contributed by atoms with E-state index in [0.29, 0.717) is 11.4 Å². The molecular weight excluding hydrogens is 398 g/mol. The highest BCUT2D eigenvalue weighted by molar-refractivity contribution is 7.90. The number of fused-ring (bicyclic) bond motifs is 3. The van der Waals surface area contributed by atoms with Gasteiger partial charge in [0.05, 0.1) is 4.90 Å². The third kappa shape index (κ3) is 4.33. The Bertz CT molecular complexity index is 927. The van der Waals surface area contributed by atoms with E-state index in [2.05, 4.69) is 15.0 Å². The minimum atomic E-state index is -3.75. The van der Waals surface area contributed by atoms with Gasteiger partial charge in [-0.05, 0) is 108 Å². The van der Waals surface area contributed by atoms with Gasteiger partial charge in [0.25, 0.3) is 10.0 Å². The molecule has 30 heavy (non-hydrogen) atoms. The summed E-state index contributed by atoms with van der Waals surface area (Å²) in [6.07, 6.45) is 8.20. The Balaban J connectivity index is 1.49. The number of sulfonamides is 1. The van der Waals surface area contributed by atoms with Crippen molar-refractivity contribution in [2.75, 3.05) is 18.4 Å². The quantitative estimate of drug-likeness (QED) is 0.689. The van der Waals surface area contributed by atoms with Gasteiger partial charge in [-0.15, -0.1) is 0 Å². The molecular formula is C23H33N3O3S. The molecule has 3 aliphatic carbocycles. The number of carbonyl (C=O) groups is 1. The van der Waals surface area contributed by atoms with Crippen molar-refractivity contribution in [3.8, 4) is 0 Å². The van der Waals surface area contributed by atoms with Crippen molar-refractivity contribution < 1.29 is 13.2 Å². The summed E-state index contributed by atoms with van der Waals surface area (Å²) >= 11 is 0. The number of nitrogens with zero attached hydrogens (tertiary/aromatic N) is 1. The van der Waals surface area contributed by atoms with Crippen LogP contribution < -0.4 is 10.6 Å². The first-order valence-electron chi connectivity index (χ1n) is 11.2. The fourth-order valence-corrected chi connectivity index (χ4v) is 6.54. The molecule has 0 radical (unpaired) electrons. The molecule has 2 N–H and O–H groups in total. The van der Waals surface area contributed by atoms with Crippen LogP contribution in [0.5, 0.6) is 0 Å². The molecule has 1 saturated heterocycles. The average molecular weight is 432 g/mol. The topological polar surface area (TPSA) is 87.6 Å². The summed E-state index contributed by atoms with van der Waals surface area (Å²) < 4.78 is 29.8. The molecule has 4 fully saturated rings. The Morgan fingerprint density at radius 3 is 2.33 bits per heavy atom. The van der Waals surface area contributed by atoms with Gasteiger partial charge in [0.2, 0.25) is 5.91 Å². The molecule has 1 aromatic carbocycles. The van der Waals surface area contributed by atoms with Gasteiger partial charge in [0.1, 0.15) is 0 Å². The molecule has 1 aliphatic heterocycles. The van der Waals surface area contributed by atoms with Crippen molar-refractivity contribution in [1.82, 2.24) is 5.32 Å². The van der Waals surface area contributed by atoms with E-state index in [0.717, 1.165) is 75.9 Å². The molecule has 0 aromatic heterocycles. The summed E-state index contributed by atoms with van der Waals surface area (Å²) in [5.41, 5.74) is 1.89. The van der Waals surface area contributed by atoms with E-state index in [1.54, 1.807) is 18.2 Å². The molecule has 4 aliphatic rings. The Morgan fingerprint density at radius 2 is 1.73 bits per heavy atom. The first kappa shape index (κ1) is 21.5. The standard InChI is InChI=1S/C23H33N3O3S/c1-16-15-20(30(28,29)26-17(2)19-8-13-24-14-9-19)3-4-21(16)25-22(27)23-10-5-18(6-11-23)7-12-23/h3-4,15,18-19,24H,5-14H2,1-2H3,(H,25,27)/b26-17-. The molecule has 3 saturated carbocycles. The molecule has 0 unspecified atom stereocenters. The lowest BCUT2D eigenvalue weighted by Crippen LogP contribution is -2.43. The molecule has 6 nitrogen and oxygen atoms in total. The second kappa shape index (κ2) is 8.42. The van der Waals surface area contributed by atoms with E-state index in [4.69, 9.17) is 0 Å². The SMILES string of the molecule is C/C(=N/S(=O)(=O)c1ccc(NC(=O)C23CCC(CC2)CC3)c(C)c1)C1CCNCC1. The lowest BCUT2D eigenvalue weighted by molar-refractivity contribution is -0.131. The second-order valence-corrected chi connectivity index (χ2v) is 11.0. The maximum atomic E-state index is 13.0. The highest BCUT2D eigenvalue weighted by Crippen LogP contribution is 2.50.